The molecule has 0 bridgehead atoms. The van der Waals surface area contributed by atoms with Crippen molar-refractivity contribution in [2.75, 3.05) is 19.8 Å². The molecule has 0 spiro atoms. The highest BCUT2D eigenvalue weighted by Gasteiger charge is 2.25. The summed E-state index contributed by atoms with van der Waals surface area (Å²) in [6.07, 6.45) is 2.35. The first kappa shape index (κ1) is 14.9. The predicted molar refractivity (Wildman–Crippen MR) is 83.8 cm³/mol. The summed E-state index contributed by atoms with van der Waals surface area (Å²) in [6.45, 7) is 7.29. The number of ether oxygens (including phenoxy) is 1. The summed E-state index contributed by atoms with van der Waals surface area (Å²) in [6, 6.07) is 9.42. The fraction of sp³-hybridized carbons (Fsp3) is 0.625. The molecule has 106 valence electrons. The maximum Gasteiger partial charge on any atom is 0.0600 e. The lowest BCUT2D eigenvalue weighted by atomic mass is 10.1. The standard InChI is InChI=1S/C16H25NOS/c1-3-8-17-15-7-9-18-11-16(15)19-12-14-6-4-5-13(2)10-14/h4-6,10,15-17H,3,7-9,11-12H2,1-2H3. The van der Waals surface area contributed by atoms with E-state index in [1.807, 2.05) is 11.8 Å². The van der Waals surface area contributed by atoms with E-state index >= 15 is 0 Å². The fourth-order valence-electron chi connectivity index (χ4n) is 2.44. The molecule has 0 amide bonds. The molecular weight excluding hydrogens is 254 g/mol. The van der Waals surface area contributed by atoms with Gasteiger partial charge < -0.3 is 10.1 Å². The zero-order chi connectivity index (χ0) is 13.5. The van der Waals surface area contributed by atoms with Gasteiger partial charge in [0.25, 0.3) is 0 Å². The van der Waals surface area contributed by atoms with Gasteiger partial charge in [-0.3, -0.25) is 0 Å². The topological polar surface area (TPSA) is 21.3 Å². The number of nitrogens with one attached hydrogen (secondary N) is 1. The monoisotopic (exact) mass is 279 g/mol. The first-order valence-corrected chi connectivity index (χ1v) is 8.32. The molecule has 1 aliphatic rings. The van der Waals surface area contributed by atoms with Crippen molar-refractivity contribution in [3.63, 3.8) is 0 Å². The first-order valence-electron chi connectivity index (χ1n) is 7.28. The van der Waals surface area contributed by atoms with Gasteiger partial charge in [-0.15, -0.1) is 11.8 Å². The molecule has 1 fully saturated rings. The molecule has 1 saturated heterocycles. The minimum atomic E-state index is 0.584. The van der Waals surface area contributed by atoms with E-state index in [4.69, 9.17) is 4.74 Å². The van der Waals surface area contributed by atoms with Crippen molar-refractivity contribution >= 4 is 11.8 Å². The van der Waals surface area contributed by atoms with Gasteiger partial charge in [0.15, 0.2) is 0 Å². The van der Waals surface area contributed by atoms with Gasteiger partial charge in [-0.2, -0.15) is 0 Å². The molecule has 0 aromatic heterocycles. The van der Waals surface area contributed by atoms with Crippen LogP contribution in [0.1, 0.15) is 30.9 Å². The van der Waals surface area contributed by atoms with Crippen molar-refractivity contribution in [3.05, 3.63) is 35.4 Å². The maximum atomic E-state index is 5.64. The summed E-state index contributed by atoms with van der Waals surface area (Å²) >= 11 is 2.03. The lowest BCUT2D eigenvalue weighted by Crippen LogP contribution is -2.45. The van der Waals surface area contributed by atoms with Gasteiger partial charge in [-0.1, -0.05) is 36.8 Å². The minimum Gasteiger partial charge on any atom is -0.380 e. The summed E-state index contributed by atoms with van der Waals surface area (Å²) in [7, 11) is 0. The van der Waals surface area contributed by atoms with Crippen molar-refractivity contribution in [1.82, 2.24) is 5.32 Å². The zero-order valence-electron chi connectivity index (χ0n) is 12.0. The van der Waals surface area contributed by atoms with Crippen molar-refractivity contribution in [3.8, 4) is 0 Å². The van der Waals surface area contributed by atoms with Crippen molar-refractivity contribution < 1.29 is 4.74 Å². The van der Waals surface area contributed by atoms with Gasteiger partial charge in [0.05, 0.1) is 6.61 Å². The van der Waals surface area contributed by atoms with Crippen molar-refractivity contribution in [1.29, 1.82) is 0 Å². The highest BCUT2D eigenvalue weighted by atomic mass is 32.2. The lowest BCUT2D eigenvalue weighted by molar-refractivity contribution is 0.0833. The largest absolute Gasteiger partial charge is 0.380 e. The van der Waals surface area contributed by atoms with Crippen molar-refractivity contribution in [2.45, 2.75) is 43.7 Å². The summed E-state index contributed by atoms with van der Waals surface area (Å²) in [5.41, 5.74) is 2.77. The molecule has 2 nitrogen and oxygen atoms in total. The van der Waals surface area contributed by atoms with Gasteiger partial charge in [0.1, 0.15) is 0 Å². The Bertz CT molecular complexity index is 383. The second kappa shape index (κ2) is 7.93. The molecule has 3 heteroatoms. The van der Waals surface area contributed by atoms with E-state index in [9.17, 15) is 0 Å². The summed E-state index contributed by atoms with van der Waals surface area (Å²) < 4.78 is 5.64. The first-order chi connectivity index (χ1) is 9.29. The van der Waals surface area contributed by atoms with E-state index < -0.39 is 0 Å². The molecule has 2 rings (SSSR count). The van der Waals surface area contributed by atoms with Crippen molar-refractivity contribution in [2.24, 2.45) is 0 Å². The van der Waals surface area contributed by atoms with Crippen LogP contribution in [0.2, 0.25) is 0 Å². The fourth-order valence-corrected chi connectivity index (χ4v) is 3.69. The highest BCUT2D eigenvalue weighted by molar-refractivity contribution is 7.99. The van der Waals surface area contributed by atoms with Crippen LogP contribution in [0.5, 0.6) is 0 Å². The average molecular weight is 279 g/mol. The third kappa shape index (κ3) is 4.83. The van der Waals surface area contributed by atoms with Crippen LogP contribution < -0.4 is 5.32 Å². The lowest BCUT2D eigenvalue weighted by Gasteiger charge is -2.32. The molecule has 19 heavy (non-hydrogen) atoms. The molecule has 1 aromatic carbocycles. The quantitative estimate of drug-likeness (QED) is 0.862. The highest BCUT2D eigenvalue weighted by Crippen LogP contribution is 2.25. The number of benzene rings is 1. The van der Waals surface area contributed by atoms with Crippen LogP contribution in [0.15, 0.2) is 24.3 Å². The third-order valence-corrected chi connectivity index (χ3v) is 4.90. The average Bonchev–Trinajstić information content (AvgIpc) is 2.44. The van der Waals surface area contributed by atoms with E-state index in [2.05, 4.69) is 43.4 Å². The summed E-state index contributed by atoms with van der Waals surface area (Å²) in [5.74, 6) is 1.08. The van der Waals surface area contributed by atoms with Gasteiger partial charge in [0, 0.05) is 23.7 Å². The number of hydrogen-bond donors (Lipinski definition) is 1. The van der Waals surface area contributed by atoms with Crippen LogP contribution in [0.3, 0.4) is 0 Å². The molecule has 0 radical (unpaired) electrons. The number of thioether (sulfide) groups is 1. The third-order valence-electron chi connectivity index (χ3n) is 3.51. The van der Waals surface area contributed by atoms with Crippen LogP contribution >= 0.6 is 11.8 Å². The molecule has 1 N–H and O–H groups in total. The molecule has 0 aliphatic carbocycles. The molecule has 1 heterocycles. The minimum absolute atomic E-state index is 0.584. The SMILES string of the molecule is CCCNC1CCOCC1SCc1cccc(C)c1. The Balaban J connectivity index is 1.85. The van der Waals surface area contributed by atoms with Gasteiger partial charge in [-0.05, 0) is 31.9 Å². The number of rotatable bonds is 6. The summed E-state index contributed by atoms with van der Waals surface area (Å²) in [5, 5.41) is 4.25. The summed E-state index contributed by atoms with van der Waals surface area (Å²) in [4.78, 5) is 0. The van der Waals surface area contributed by atoms with Gasteiger partial charge >= 0.3 is 0 Å². The van der Waals surface area contributed by atoms with E-state index in [-0.39, 0.29) is 0 Å². The Hall–Kier alpha value is -0.510. The van der Waals surface area contributed by atoms with E-state index in [0.29, 0.717) is 11.3 Å². The Kier molecular flexibility index (Phi) is 6.21. The van der Waals surface area contributed by atoms with E-state index in [0.717, 1.165) is 31.9 Å². The molecule has 0 saturated carbocycles. The van der Waals surface area contributed by atoms with E-state index in [1.165, 1.54) is 17.5 Å². The Morgan fingerprint density at radius 1 is 1.42 bits per heavy atom. The Morgan fingerprint density at radius 3 is 3.11 bits per heavy atom. The number of hydrogen-bond acceptors (Lipinski definition) is 3. The molecule has 1 aromatic rings. The molecule has 2 atom stereocenters. The van der Waals surface area contributed by atoms with Crippen LogP contribution in [-0.4, -0.2) is 31.1 Å². The van der Waals surface area contributed by atoms with Crippen LogP contribution in [0.4, 0.5) is 0 Å². The van der Waals surface area contributed by atoms with Crippen LogP contribution in [0, 0.1) is 6.92 Å². The van der Waals surface area contributed by atoms with Crippen LogP contribution in [0.25, 0.3) is 0 Å². The Morgan fingerprint density at radius 2 is 2.32 bits per heavy atom. The predicted octanol–water partition coefficient (Wildman–Crippen LogP) is 3.39. The molecular formula is C16H25NOS. The maximum absolute atomic E-state index is 5.64. The zero-order valence-corrected chi connectivity index (χ0v) is 12.8. The Labute approximate surface area is 121 Å². The molecule has 2 unspecified atom stereocenters. The second-order valence-electron chi connectivity index (χ2n) is 5.26. The number of aryl methyl sites for hydroxylation is 1. The van der Waals surface area contributed by atoms with Gasteiger partial charge in [0.2, 0.25) is 0 Å². The molecule has 1 aliphatic heterocycles. The smallest absolute Gasteiger partial charge is 0.0600 e. The van der Waals surface area contributed by atoms with E-state index in [1.54, 1.807) is 0 Å². The normalized spacial score (nSPS) is 23.5. The van der Waals surface area contributed by atoms with Gasteiger partial charge in [-0.25, -0.2) is 0 Å². The second-order valence-corrected chi connectivity index (χ2v) is 6.49. The van der Waals surface area contributed by atoms with Crippen LogP contribution in [-0.2, 0) is 10.5 Å².